The molecule has 1 N–H and O–H groups in total. The summed E-state index contributed by atoms with van der Waals surface area (Å²) in [5, 5.41) is 10.5. The van der Waals surface area contributed by atoms with Crippen molar-refractivity contribution in [3.05, 3.63) is 96.1 Å². The first-order valence-electron chi connectivity index (χ1n) is 11.2. The number of benzene rings is 3. The smallest absolute Gasteiger partial charge is 0.308 e. The molecule has 0 bridgehead atoms. The Hall–Kier alpha value is -3.66. The zero-order valence-electron chi connectivity index (χ0n) is 17.9. The summed E-state index contributed by atoms with van der Waals surface area (Å²) >= 11 is 0. The maximum Gasteiger partial charge on any atom is 0.308 e. The topological polar surface area (TPSA) is 53.4 Å². The van der Waals surface area contributed by atoms with Gasteiger partial charge in [-0.2, -0.15) is 0 Å². The largest absolute Gasteiger partial charge is 0.481 e. The molecule has 1 aromatic heterocycles. The number of fused-ring (bicyclic) bond motifs is 1. The number of nitrogens with zero attached hydrogens (tertiary/aromatic N) is 2. The Kier molecular flexibility index (Phi) is 5.59. The van der Waals surface area contributed by atoms with Crippen molar-refractivity contribution in [1.29, 1.82) is 0 Å². The molecule has 3 aromatic carbocycles. The number of aryl methyl sites for hydroxylation is 2. The molecule has 5 rings (SSSR count). The van der Waals surface area contributed by atoms with Crippen molar-refractivity contribution in [2.75, 3.05) is 18.0 Å². The van der Waals surface area contributed by atoms with Gasteiger partial charge in [0, 0.05) is 18.5 Å². The number of carboxylic acid groups (broad SMARTS) is 1. The van der Waals surface area contributed by atoms with E-state index in [0.29, 0.717) is 13.0 Å². The molecule has 4 nitrogen and oxygen atoms in total. The van der Waals surface area contributed by atoms with E-state index in [9.17, 15) is 9.90 Å². The number of hydrogen-bond acceptors (Lipinski definition) is 3. The number of hydrogen-bond donors (Lipinski definition) is 1. The maximum atomic E-state index is 11.4. The second-order valence-electron chi connectivity index (χ2n) is 8.50. The van der Waals surface area contributed by atoms with Crippen LogP contribution in [0.4, 0.5) is 5.82 Å². The van der Waals surface area contributed by atoms with Crippen molar-refractivity contribution < 1.29 is 9.90 Å². The van der Waals surface area contributed by atoms with Crippen molar-refractivity contribution in [1.82, 2.24) is 4.98 Å². The predicted molar refractivity (Wildman–Crippen MR) is 129 cm³/mol. The minimum absolute atomic E-state index is 0.326. The molecule has 1 saturated heterocycles. The van der Waals surface area contributed by atoms with E-state index in [4.69, 9.17) is 4.98 Å². The van der Waals surface area contributed by atoms with Gasteiger partial charge in [-0.25, -0.2) is 4.98 Å². The van der Waals surface area contributed by atoms with Crippen LogP contribution in [0.1, 0.15) is 17.5 Å². The SMILES string of the molecule is O=C(O)C1CCN(c2cc(-c3ccccc3)c3cc(CCc4ccccc4)ccc3n2)C1. The number of rotatable bonds is 6. The van der Waals surface area contributed by atoms with E-state index in [2.05, 4.69) is 77.7 Å². The normalized spacial score (nSPS) is 15.9. The maximum absolute atomic E-state index is 11.4. The molecule has 1 aliphatic rings. The number of aliphatic carboxylic acids is 1. The van der Waals surface area contributed by atoms with E-state index in [1.165, 1.54) is 11.1 Å². The van der Waals surface area contributed by atoms with Crippen LogP contribution in [0.15, 0.2) is 84.9 Å². The van der Waals surface area contributed by atoms with Crippen LogP contribution < -0.4 is 4.90 Å². The number of anilines is 1. The lowest BCUT2D eigenvalue weighted by Gasteiger charge is -2.20. The molecule has 1 atom stereocenters. The fourth-order valence-electron chi connectivity index (χ4n) is 4.54. The van der Waals surface area contributed by atoms with Gasteiger partial charge in [0.05, 0.1) is 11.4 Å². The molecule has 0 amide bonds. The zero-order valence-corrected chi connectivity index (χ0v) is 17.9. The highest BCUT2D eigenvalue weighted by molar-refractivity contribution is 5.96. The Labute approximate surface area is 188 Å². The molecule has 0 spiro atoms. The van der Waals surface area contributed by atoms with Crippen LogP contribution in [0.5, 0.6) is 0 Å². The molecule has 1 aliphatic heterocycles. The monoisotopic (exact) mass is 422 g/mol. The summed E-state index contributed by atoms with van der Waals surface area (Å²) in [5.74, 6) is -0.190. The second kappa shape index (κ2) is 8.83. The number of carbonyl (C=O) groups is 1. The first kappa shape index (κ1) is 20.3. The van der Waals surface area contributed by atoms with Gasteiger partial charge in [-0.3, -0.25) is 4.79 Å². The van der Waals surface area contributed by atoms with E-state index >= 15 is 0 Å². The second-order valence-corrected chi connectivity index (χ2v) is 8.50. The lowest BCUT2D eigenvalue weighted by molar-refractivity contribution is -0.140. The van der Waals surface area contributed by atoms with Crippen LogP contribution in [0, 0.1) is 5.92 Å². The molecule has 0 aliphatic carbocycles. The van der Waals surface area contributed by atoms with Crippen molar-refractivity contribution in [2.24, 2.45) is 5.92 Å². The van der Waals surface area contributed by atoms with E-state index in [1.54, 1.807) is 0 Å². The van der Waals surface area contributed by atoms with Gasteiger partial charge in [0.15, 0.2) is 0 Å². The third-order valence-electron chi connectivity index (χ3n) is 6.35. The molecule has 1 unspecified atom stereocenters. The fourth-order valence-corrected chi connectivity index (χ4v) is 4.54. The number of pyridine rings is 1. The van der Waals surface area contributed by atoms with Gasteiger partial charge in [0.2, 0.25) is 0 Å². The van der Waals surface area contributed by atoms with E-state index < -0.39 is 5.97 Å². The lowest BCUT2D eigenvalue weighted by atomic mass is 9.97. The van der Waals surface area contributed by atoms with Crippen molar-refractivity contribution >= 4 is 22.7 Å². The molecule has 0 saturated carbocycles. The highest BCUT2D eigenvalue weighted by atomic mass is 16.4. The molecule has 4 aromatic rings. The molecular formula is C28H26N2O2. The van der Waals surface area contributed by atoms with Crippen LogP contribution in [-0.4, -0.2) is 29.1 Å². The van der Waals surface area contributed by atoms with Gasteiger partial charge in [0.25, 0.3) is 0 Å². The molecule has 4 heteroatoms. The van der Waals surface area contributed by atoms with E-state index in [-0.39, 0.29) is 5.92 Å². The van der Waals surface area contributed by atoms with Crippen molar-refractivity contribution in [2.45, 2.75) is 19.3 Å². The average Bonchev–Trinajstić information content (AvgIpc) is 3.34. The number of aromatic nitrogens is 1. The number of carboxylic acids is 1. The van der Waals surface area contributed by atoms with Gasteiger partial charge in [-0.05, 0) is 59.7 Å². The molecule has 2 heterocycles. The summed E-state index contributed by atoms with van der Waals surface area (Å²) in [6, 6.07) is 29.6. The molecule has 160 valence electrons. The van der Waals surface area contributed by atoms with Crippen molar-refractivity contribution in [3.63, 3.8) is 0 Å². The minimum atomic E-state index is -0.723. The van der Waals surface area contributed by atoms with Gasteiger partial charge in [-0.1, -0.05) is 66.7 Å². The molecule has 32 heavy (non-hydrogen) atoms. The van der Waals surface area contributed by atoms with Gasteiger partial charge >= 0.3 is 5.97 Å². The Morgan fingerprint density at radius 1 is 0.906 bits per heavy atom. The third-order valence-corrected chi connectivity index (χ3v) is 6.35. The summed E-state index contributed by atoms with van der Waals surface area (Å²) in [6.45, 7) is 1.23. The summed E-state index contributed by atoms with van der Waals surface area (Å²) in [4.78, 5) is 18.5. The van der Waals surface area contributed by atoms with Gasteiger partial charge < -0.3 is 10.0 Å². The van der Waals surface area contributed by atoms with E-state index in [1.807, 2.05) is 12.1 Å². The summed E-state index contributed by atoms with van der Waals surface area (Å²) in [5.41, 5.74) is 5.87. The first-order chi connectivity index (χ1) is 15.7. The predicted octanol–water partition coefficient (Wildman–Crippen LogP) is 5.60. The summed E-state index contributed by atoms with van der Waals surface area (Å²) in [6.07, 6.45) is 2.64. The first-order valence-corrected chi connectivity index (χ1v) is 11.2. The Morgan fingerprint density at radius 2 is 1.62 bits per heavy atom. The Balaban J connectivity index is 1.52. The van der Waals surface area contributed by atoms with Crippen LogP contribution in [0.25, 0.3) is 22.0 Å². The quantitative estimate of drug-likeness (QED) is 0.440. The zero-order chi connectivity index (χ0) is 21.9. The standard InChI is InChI=1S/C28H26N2O2/c31-28(32)23-15-16-30(19-23)27-18-24(22-9-5-2-6-10-22)25-17-21(13-14-26(25)29-27)12-11-20-7-3-1-4-8-20/h1-10,13-14,17-18,23H,11-12,15-16,19H2,(H,31,32). The molecule has 1 fully saturated rings. The summed E-state index contributed by atoms with van der Waals surface area (Å²) < 4.78 is 0. The molecular weight excluding hydrogens is 396 g/mol. The molecule has 0 radical (unpaired) electrons. The highest BCUT2D eigenvalue weighted by Crippen LogP contribution is 2.34. The Morgan fingerprint density at radius 3 is 2.34 bits per heavy atom. The van der Waals surface area contributed by atoms with E-state index in [0.717, 1.165) is 47.2 Å². The average molecular weight is 423 g/mol. The van der Waals surface area contributed by atoms with Crippen LogP contribution in [-0.2, 0) is 17.6 Å². The van der Waals surface area contributed by atoms with Gasteiger partial charge in [0.1, 0.15) is 5.82 Å². The van der Waals surface area contributed by atoms with Crippen LogP contribution in [0.3, 0.4) is 0 Å². The summed E-state index contributed by atoms with van der Waals surface area (Å²) in [7, 11) is 0. The lowest BCUT2D eigenvalue weighted by Crippen LogP contribution is -2.23. The fraction of sp³-hybridized carbons (Fsp3) is 0.214. The van der Waals surface area contributed by atoms with Crippen molar-refractivity contribution in [3.8, 4) is 11.1 Å². The third kappa shape index (κ3) is 4.22. The van der Waals surface area contributed by atoms with Crippen LogP contribution >= 0.6 is 0 Å². The Bertz CT molecular complexity index is 1240. The highest BCUT2D eigenvalue weighted by Gasteiger charge is 2.29. The minimum Gasteiger partial charge on any atom is -0.481 e. The van der Waals surface area contributed by atoms with Crippen LogP contribution in [0.2, 0.25) is 0 Å². The van der Waals surface area contributed by atoms with Gasteiger partial charge in [-0.15, -0.1) is 0 Å².